The molecule has 2 aromatic carbocycles. The SMILES string of the molecule is Cc1ccc(Br)cc1C(=O)c1ccc(C#N)cc1. The number of carbonyl (C=O) groups is 1. The first kappa shape index (κ1) is 12.5. The Labute approximate surface area is 114 Å². The van der Waals surface area contributed by atoms with Gasteiger partial charge < -0.3 is 0 Å². The maximum absolute atomic E-state index is 12.3. The second-order valence-electron chi connectivity index (χ2n) is 3.98. The smallest absolute Gasteiger partial charge is 0.193 e. The maximum atomic E-state index is 12.3. The van der Waals surface area contributed by atoms with Crippen molar-refractivity contribution in [1.82, 2.24) is 0 Å². The quantitative estimate of drug-likeness (QED) is 0.790. The highest BCUT2D eigenvalue weighted by atomic mass is 79.9. The van der Waals surface area contributed by atoms with Gasteiger partial charge in [-0.1, -0.05) is 22.0 Å². The standard InChI is InChI=1S/C15H10BrNO/c1-10-2-7-13(16)8-14(10)15(18)12-5-3-11(9-17)4-6-12/h2-8H,1H3. The van der Waals surface area contributed by atoms with E-state index in [1.165, 1.54) is 0 Å². The van der Waals surface area contributed by atoms with E-state index in [-0.39, 0.29) is 5.78 Å². The molecule has 0 aliphatic heterocycles. The highest BCUT2D eigenvalue weighted by Crippen LogP contribution is 2.19. The maximum Gasteiger partial charge on any atom is 0.193 e. The summed E-state index contributed by atoms with van der Waals surface area (Å²) in [5.41, 5.74) is 2.76. The minimum atomic E-state index is -0.0294. The Hall–Kier alpha value is -1.92. The summed E-state index contributed by atoms with van der Waals surface area (Å²) in [4.78, 5) is 12.3. The number of hydrogen-bond acceptors (Lipinski definition) is 2. The lowest BCUT2D eigenvalue weighted by Gasteiger charge is -2.05. The molecule has 0 aromatic heterocycles. The predicted molar refractivity (Wildman–Crippen MR) is 73.5 cm³/mol. The lowest BCUT2D eigenvalue weighted by atomic mass is 9.98. The van der Waals surface area contributed by atoms with Crippen LogP contribution >= 0.6 is 15.9 Å². The zero-order chi connectivity index (χ0) is 13.1. The van der Waals surface area contributed by atoms with Gasteiger partial charge in [0.1, 0.15) is 0 Å². The van der Waals surface area contributed by atoms with Crippen LogP contribution in [0.4, 0.5) is 0 Å². The van der Waals surface area contributed by atoms with Crippen LogP contribution in [0.2, 0.25) is 0 Å². The molecule has 0 radical (unpaired) electrons. The summed E-state index contributed by atoms with van der Waals surface area (Å²) in [5, 5.41) is 8.72. The zero-order valence-corrected chi connectivity index (χ0v) is 11.4. The van der Waals surface area contributed by atoms with Gasteiger partial charge in [-0.2, -0.15) is 5.26 Å². The second kappa shape index (κ2) is 5.16. The van der Waals surface area contributed by atoms with Crippen LogP contribution in [0.1, 0.15) is 27.0 Å². The molecule has 0 saturated heterocycles. The lowest BCUT2D eigenvalue weighted by Crippen LogP contribution is -2.03. The van der Waals surface area contributed by atoms with E-state index in [1.807, 2.05) is 31.2 Å². The number of aryl methyl sites for hydroxylation is 1. The van der Waals surface area contributed by atoms with Crippen molar-refractivity contribution in [3.05, 3.63) is 69.2 Å². The fraction of sp³-hybridized carbons (Fsp3) is 0.0667. The molecular weight excluding hydrogens is 290 g/mol. The molecule has 0 fully saturated rings. The predicted octanol–water partition coefficient (Wildman–Crippen LogP) is 3.86. The molecule has 0 spiro atoms. The summed E-state index contributed by atoms with van der Waals surface area (Å²) in [5.74, 6) is -0.0294. The van der Waals surface area contributed by atoms with Crippen LogP contribution in [0, 0.1) is 18.3 Å². The molecule has 88 valence electrons. The van der Waals surface area contributed by atoms with Gasteiger partial charge in [0.05, 0.1) is 11.6 Å². The number of halogens is 1. The van der Waals surface area contributed by atoms with Crippen LogP contribution in [-0.4, -0.2) is 5.78 Å². The summed E-state index contributed by atoms with van der Waals surface area (Å²) in [6.07, 6.45) is 0. The van der Waals surface area contributed by atoms with Gasteiger partial charge in [-0.05, 0) is 48.9 Å². The Kier molecular flexibility index (Phi) is 3.59. The van der Waals surface area contributed by atoms with E-state index in [9.17, 15) is 4.79 Å². The van der Waals surface area contributed by atoms with Crippen LogP contribution < -0.4 is 0 Å². The Morgan fingerprint density at radius 3 is 2.44 bits per heavy atom. The van der Waals surface area contributed by atoms with Crippen molar-refractivity contribution in [2.24, 2.45) is 0 Å². The fourth-order valence-corrected chi connectivity index (χ4v) is 2.05. The zero-order valence-electron chi connectivity index (χ0n) is 9.77. The molecule has 0 unspecified atom stereocenters. The number of ketones is 1. The van der Waals surface area contributed by atoms with Crippen molar-refractivity contribution in [2.75, 3.05) is 0 Å². The minimum Gasteiger partial charge on any atom is -0.289 e. The Morgan fingerprint density at radius 1 is 1.17 bits per heavy atom. The normalized spacial score (nSPS) is 9.83. The highest BCUT2D eigenvalue weighted by molar-refractivity contribution is 9.10. The third-order valence-corrected chi connectivity index (χ3v) is 3.21. The molecule has 0 aliphatic rings. The van der Waals surface area contributed by atoms with Gasteiger partial charge in [-0.15, -0.1) is 0 Å². The van der Waals surface area contributed by atoms with E-state index in [2.05, 4.69) is 15.9 Å². The summed E-state index contributed by atoms with van der Waals surface area (Å²) in [6, 6.07) is 14.3. The Morgan fingerprint density at radius 2 is 1.83 bits per heavy atom. The van der Waals surface area contributed by atoms with E-state index in [0.29, 0.717) is 16.7 Å². The van der Waals surface area contributed by atoms with Crippen molar-refractivity contribution in [3.63, 3.8) is 0 Å². The summed E-state index contributed by atoms with van der Waals surface area (Å²) in [6.45, 7) is 1.91. The number of nitrogens with zero attached hydrogens (tertiary/aromatic N) is 1. The lowest BCUT2D eigenvalue weighted by molar-refractivity contribution is 0.103. The minimum absolute atomic E-state index is 0.0294. The van der Waals surface area contributed by atoms with Crippen molar-refractivity contribution in [3.8, 4) is 6.07 Å². The summed E-state index contributed by atoms with van der Waals surface area (Å²) in [7, 11) is 0. The largest absolute Gasteiger partial charge is 0.289 e. The number of benzene rings is 2. The molecule has 0 bridgehead atoms. The molecule has 0 saturated carbocycles. The average Bonchev–Trinajstić information content (AvgIpc) is 2.41. The summed E-state index contributed by atoms with van der Waals surface area (Å²) < 4.78 is 0.880. The average molecular weight is 300 g/mol. The van der Waals surface area contributed by atoms with Crippen LogP contribution in [0.15, 0.2) is 46.9 Å². The van der Waals surface area contributed by atoms with Crippen LogP contribution in [0.25, 0.3) is 0 Å². The molecule has 0 heterocycles. The van der Waals surface area contributed by atoms with Crippen molar-refractivity contribution in [2.45, 2.75) is 6.92 Å². The first-order valence-electron chi connectivity index (χ1n) is 5.43. The molecule has 0 aliphatic carbocycles. The van der Waals surface area contributed by atoms with E-state index in [4.69, 9.17) is 5.26 Å². The van der Waals surface area contributed by atoms with Crippen LogP contribution in [0.5, 0.6) is 0 Å². The van der Waals surface area contributed by atoms with Crippen LogP contribution in [-0.2, 0) is 0 Å². The van der Waals surface area contributed by atoms with Gasteiger partial charge in [-0.25, -0.2) is 0 Å². The van der Waals surface area contributed by atoms with Crippen molar-refractivity contribution < 1.29 is 4.79 Å². The number of nitriles is 1. The number of carbonyl (C=O) groups excluding carboxylic acids is 1. The third kappa shape index (κ3) is 2.49. The third-order valence-electron chi connectivity index (χ3n) is 2.72. The fourth-order valence-electron chi connectivity index (χ4n) is 1.69. The van der Waals surface area contributed by atoms with E-state index >= 15 is 0 Å². The van der Waals surface area contributed by atoms with E-state index in [1.54, 1.807) is 24.3 Å². The molecule has 2 nitrogen and oxygen atoms in total. The van der Waals surface area contributed by atoms with E-state index < -0.39 is 0 Å². The molecule has 0 N–H and O–H groups in total. The Balaban J connectivity index is 2.41. The van der Waals surface area contributed by atoms with Gasteiger partial charge in [0, 0.05) is 15.6 Å². The highest BCUT2D eigenvalue weighted by Gasteiger charge is 2.12. The molecule has 0 atom stereocenters. The van der Waals surface area contributed by atoms with Gasteiger partial charge >= 0.3 is 0 Å². The van der Waals surface area contributed by atoms with Gasteiger partial charge in [0.2, 0.25) is 0 Å². The van der Waals surface area contributed by atoms with E-state index in [0.717, 1.165) is 10.0 Å². The van der Waals surface area contributed by atoms with Gasteiger partial charge in [0.15, 0.2) is 5.78 Å². The second-order valence-corrected chi connectivity index (χ2v) is 4.89. The Bertz CT molecular complexity index is 639. The van der Waals surface area contributed by atoms with Gasteiger partial charge in [0.25, 0.3) is 0 Å². The molecule has 0 amide bonds. The topological polar surface area (TPSA) is 40.9 Å². The molecule has 18 heavy (non-hydrogen) atoms. The van der Waals surface area contributed by atoms with Crippen molar-refractivity contribution >= 4 is 21.7 Å². The molecule has 3 heteroatoms. The molecular formula is C15H10BrNO. The number of rotatable bonds is 2. The number of hydrogen-bond donors (Lipinski definition) is 0. The van der Waals surface area contributed by atoms with Crippen LogP contribution in [0.3, 0.4) is 0 Å². The van der Waals surface area contributed by atoms with Crippen molar-refractivity contribution in [1.29, 1.82) is 5.26 Å². The summed E-state index contributed by atoms with van der Waals surface area (Å²) >= 11 is 3.36. The van der Waals surface area contributed by atoms with Gasteiger partial charge in [-0.3, -0.25) is 4.79 Å². The molecule has 2 rings (SSSR count). The monoisotopic (exact) mass is 299 g/mol. The molecule has 2 aromatic rings. The first-order chi connectivity index (χ1) is 8.61. The first-order valence-corrected chi connectivity index (χ1v) is 6.22.